The minimum Gasteiger partial charge on any atom is -0.457 e. The molecule has 1 heterocycles. The second kappa shape index (κ2) is 5.13. The molecule has 0 aromatic heterocycles. The maximum Gasteiger partial charge on any atom is 0.316 e. The normalized spacial score (nSPS) is 29.0. The van der Waals surface area contributed by atoms with Crippen molar-refractivity contribution in [2.24, 2.45) is 11.8 Å². The Morgan fingerprint density at radius 2 is 2.05 bits per heavy atom. The van der Waals surface area contributed by atoms with E-state index in [-0.39, 0.29) is 0 Å². The first-order valence-corrected chi connectivity index (χ1v) is 6.45. The van der Waals surface area contributed by atoms with Crippen molar-refractivity contribution in [2.45, 2.75) is 32.0 Å². The van der Waals surface area contributed by atoms with Crippen LogP contribution >= 0.6 is 0 Å². The molecule has 1 saturated heterocycles. The van der Waals surface area contributed by atoms with Crippen LogP contribution in [0.25, 0.3) is 0 Å². The fourth-order valence-corrected chi connectivity index (χ4v) is 2.75. The maximum absolute atomic E-state index is 11.7. The smallest absolute Gasteiger partial charge is 0.316 e. The summed E-state index contributed by atoms with van der Waals surface area (Å²) in [6.45, 7) is 3.58. The van der Waals surface area contributed by atoms with Crippen molar-refractivity contribution in [1.29, 1.82) is 0 Å². The molecule has 0 bridgehead atoms. The third-order valence-corrected chi connectivity index (χ3v) is 3.99. The van der Waals surface area contributed by atoms with E-state index in [2.05, 4.69) is 0 Å². The molecule has 4 heteroatoms. The number of aliphatic hydroxyl groups is 1. The molecule has 1 fully saturated rings. The van der Waals surface area contributed by atoms with Crippen molar-refractivity contribution >= 4 is 12.3 Å². The number of ether oxygens (including phenoxy) is 1. The fraction of sp³-hybridized carbons (Fsp3) is 0.467. The standard InChI is InChI=1S/C15H18O4/c1-3-11(9-16)15(2)12(14(18)19-15)13(17)10-7-5-4-6-8-10/h4-9,11-13,17H,3H2,1-2H3. The first-order chi connectivity index (χ1) is 9.04. The highest BCUT2D eigenvalue weighted by Gasteiger charge is 2.60. The fourth-order valence-electron chi connectivity index (χ4n) is 2.75. The van der Waals surface area contributed by atoms with E-state index < -0.39 is 29.5 Å². The molecular formula is C15H18O4. The van der Waals surface area contributed by atoms with Crippen molar-refractivity contribution in [2.75, 3.05) is 0 Å². The van der Waals surface area contributed by atoms with Gasteiger partial charge in [-0.1, -0.05) is 37.3 Å². The van der Waals surface area contributed by atoms with Crippen LogP contribution in [0.5, 0.6) is 0 Å². The molecule has 2 rings (SSSR count). The first-order valence-electron chi connectivity index (χ1n) is 6.45. The van der Waals surface area contributed by atoms with Crippen LogP contribution in [0.15, 0.2) is 30.3 Å². The van der Waals surface area contributed by atoms with E-state index >= 15 is 0 Å². The summed E-state index contributed by atoms with van der Waals surface area (Å²) in [6.07, 6.45) is 0.434. The Hall–Kier alpha value is -1.68. The Kier molecular flexibility index (Phi) is 3.71. The van der Waals surface area contributed by atoms with Crippen molar-refractivity contribution in [3.63, 3.8) is 0 Å². The average molecular weight is 262 g/mol. The predicted molar refractivity (Wildman–Crippen MR) is 69.2 cm³/mol. The molecule has 1 aromatic carbocycles. The van der Waals surface area contributed by atoms with Gasteiger partial charge >= 0.3 is 5.97 Å². The van der Waals surface area contributed by atoms with E-state index in [9.17, 15) is 14.7 Å². The van der Waals surface area contributed by atoms with E-state index in [1.54, 1.807) is 31.2 Å². The largest absolute Gasteiger partial charge is 0.457 e. The van der Waals surface area contributed by atoms with Gasteiger partial charge in [0, 0.05) is 0 Å². The van der Waals surface area contributed by atoms with Gasteiger partial charge in [-0.2, -0.15) is 0 Å². The third kappa shape index (κ3) is 2.16. The van der Waals surface area contributed by atoms with Gasteiger partial charge in [0.2, 0.25) is 0 Å². The van der Waals surface area contributed by atoms with Gasteiger partial charge in [-0.15, -0.1) is 0 Å². The van der Waals surface area contributed by atoms with Crippen LogP contribution < -0.4 is 0 Å². The highest BCUT2D eigenvalue weighted by atomic mass is 16.6. The van der Waals surface area contributed by atoms with Crippen LogP contribution in [0.4, 0.5) is 0 Å². The summed E-state index contributed by atoms with van der Waals surface area (Å²) in [4.78, 5) is 22.8. The average Bonchev–Trinajstić information content (AvgIpc) is 2.40. The molecule has 4 nitrogen and oxygen atoms in total. The minimum atomic E-state index is -0.943. The Morgan fingerprint density at radius 1 is 1.42 bits per heavy atom. The summed E-state index contributed by atoms with van der Waals surface area (Å²) in [7, 11) is 0. The molecule has 1 aliphatic heterocycles. The van der Waals surface area contributed by atoms with Crippen LogP contribution in [0.2, 0.25) is 0 Å². The number of benzene rings is 1. The van der Waals surface area contributed by atoms with Crippen LogP contribution in [0.3, 0.4) is 0 Å². The molecule has 0 amide bonds. The number of aliphatic hydroxyl groups excluding tert-OH is 1. The van der Waals surface area contributed by atoms with E-state index in [1.807, 2.05) is 13.0 Å². The van der Waals surface area contributed by atoms with E-state index in [4.69, 9.17) is 4.74 Å². The Morgan fingerprint density at radius 3 is 2.53 bits per heavy atom. The monoisotopic (exact) mass is 262 g/mol. The number of hydrogen-bond donors (Lipinski definition) is 1. The van der Waals surface area contributed by atoms with Gasteiger partial charge in [-0.25, -0.2) is 0 Å². The number of esters is 1. The Balaban J connectivity index is 2.27. The van der Waals surface area contributed by atoms with Gasteiger partial charge in [0.05, 0.1) is 12.0 Å². The lowest BCUT2D eigenvalue weighted by Gasteiger charge is -2.49. The molecule has 0 saturated carbocycles. The zero-order valence-electron chi connectivity index (χ0n) is 11.1. The number of aldehydes is 1. The second-order valence-corrected chi connectivity index (χ2v) is 5.09. The molecule has 19 heavy (non-hydrogen) atoms. The lowest BCUT2D eigenvalue weighted by atomic mass is 9.69. The Labute approximate surface area is 112 Å². The van der Waals surface area contributed by atoms with Gasteiger partial charge in [0.1, 0.15) is 17.8 Å². The van der Waals surface area contributed by atoms with Crippen molar-refractivity contribution in [1.82, 2.24) is 0 Å². The number of cyclic esters (lactones) is 1. The van der Waals surface area contributed by atoms with Gasteiger partial charge in [0.25, 0.3) is 0 Å². The predicted octanol–water partition coefficient (Wildman–Crippen LogP) is 1.88. The number of hydrogen-bond acceptors (Lipinski definition) is 4. The van der Waals surface area contributed by atoms with Crippen LogP contribution in [0.1, 0.15) is 31.9 Å². The van der Waals surface area contributed by atoms with Gasteiger partial charge in [-0.3, -0.25) is 4.79 Å². The molecule has 4 atom stereocenters. The summed E-state index contributed by atoms with van der Waals surface area (Å²) < 4.78 is 5.20. The van der Waals surface area contributed by atoms with E-state index in [0.29, 0.717) is 12.0 Å². The molecule has 0 aliphatic carbocycles. The van der Waals surface area contributed by atoms with E-state index in [1.165, 1.54) is 0 Å². The summed E-state index contributed by atoms with van der Waals surface area (Å²) >= 11 is 0. The first kappa shape index (κ1) is 13.7. The molecule has 1 N–H and O–H groups in total. The van der Waals surface area contributed by atoms with Gasteiger partial charge < -0.3 is 14.6 Å². The zero-order chi connectivity index (χ0) is 14.0. The van der Waals surface area contributed by atoms with Crippen LogP contribution in [-0.4, -0.2) is 23.0 Å². The molecule has 102 valence electrons. The maximum atomic E-state index is 11.7. The molecule has 0 spiro atoms. The van der Waals surface area contributed by atoms with E-state index in [0.717, 1.165) is 6.29 Å². The number of carbonyl (C=O) groups excluding carboxylic acids is 2. The topological polar surface area (TPSA) is 63.6 Å². The van der Waals surface area contributed by atoms with Gasteiger partial charge in [0.15, 0.2) is 0 Å². The lowest BCUT2D eigenvalue weighted by molar-refractivity contribution is -0.234. The summed E-state index contributed by atoms with van der Waals surface area (Å²) in [5.41, 5.74) is -0.251. The SMILES string of the molecule is CCC(C=O)C1(C)OC(=O)C1C(O)c1ccccc1. The second-order valence-electron chi connectivity index (χ2n) is 5.09. The summed E-state index contributed by atoms with van der Waals surface area (Å²) in [6, 6.07) is 8.97. The molecular weight excluding hydrogens is 244 g/mol. The quantitative estimate of drug-likeness (QED) is 0.650. The van der Waals surface area contributed by atoms with Crippen molar-refractivity contribution in [3.05, 3.63) is 35.9 Å². The van der Waals surface area contributed by atoms with Crippen molar-refractivity contribution in [3.8, 4) is 0 Å². The summed E-state index contributed by atoms with van der Waals surface area (Å²) in [5.74, 6) is -1.53. The number of rotatable bonds is 5. The minimum absolute atomic E-state index is 0.395. The Bertz CT molecular complexity index is 470. The van der Waals surface area contributed by atoms with Crippen molar-refractivity contribution < 1.29 is 19.4 Å². The van der Waals surface area contributed by atoms with Crippen LogP contribution in [-0.2, 0) is 14.3 Å². The zero-order valence-corrected chi connectivity index (χ0v) is 11.1. The molecule has 4 unspecified atom stereocenters. The van der Waals surface area contributed by atoms with Gasteiger partial charge in [-0.05, 0) is 18.9 Å². The highest BCUT2D eigenvalue weighted by Crippen LogP contribution is 2.47. The molecule has 1 aromatic rings. The molecule has 0 radical (unpaired) electrons. The summed E-state index contributed by atoms with van der Waals surface area (Å²) in [5, 5.41) is 10.4. The van der Waals surface area contributed by atoms with Crippen LogP contribution in [0, 0.1) is 11.8 Å². The third-order valence-electron chi connectivity index (χ3n) is 3.99. The highest BCUT2D eigenvalue weighted by molar-refractivity contribution is 5.83. The lowest BCUT2D eigenvalue weighted by Crippen LogP contribution is -2.62. The molecule has 1 aliphatic rings. The number of carbonyl (C=O) groups is 2.